The predicted molar refractivity (Wildman–Crippen MR) is 65.6 cm³/mol. The molecule has 1 aliphatic heterocycles. The Labute approximate surface area is 119 Å². The van der Waals surface area contributed by atoms with E-state index in [1.165, 1.54) is 7.11 Å². The first-order chi connectivity index (χ1) is 10.0. The van der Waals surface area contributed by atoms with Crippen LogP contribution in [0.4, 0.5) is 4.79 Å². The number of carbonyl (C=O) groups excluding carboxylic acids is 2. The molecule has 1 saturated heterocycles. The molecule has 1 aliphatic rings. The van der Waals surface area contributed by atoms with Gasteiger partial charge < -0.3 is 14.6 Å². The van der Waals surface area contributed by atoms with Crippen molar-refractivity contribution in [1.29, 1.82) is 0 Å². The minimum absolute atomic E-state index is 0.152. The number of cyclic esters (lactones) is 1. The normalized spacial score (nSPS) is 14.3. The third-order valence-electron chi connectivity index (χ3n) is 2.93. The summed E-state index contributed by atoms with van der Waals surface area (Å²) in [5, 5.41) is 16.2. The van der Waals surface area contributed by atoms with E-state index in [1.807, 2.05) is 0 Å². The molecule has 0 aliphatic carbocycles. The summed E-state index contributed by atoms with van der Waals surface area (Å²) >= 11 is 0. The molecule has 0 radical (unpaired) electrons. The molecule has 1 aromatic heterocycles. The van der Waals surface area contributed by atoms with Gasteiger partial charge in [0.2, 0.25) is 0 Å². The fraction of sp³-hybridized carbons (Fsp3) is 0.545. The second-order valence-electron chi connectivity index (χ2n) is 4.25. The molecule has 114 valence electrons. The van der Waals surface area contributed by atoms with Crippen LogP contribution in [0.1, 0.15) is 16.2 Å². The summed E-state index contributed by atoms with van der Waals surface area (Å²) in [6, 6.07) is 0. The smallest absolute Gasteiger partial charge is 0.416 e. The van der Waals surface area contributed by atoms with Crippen LogP contribution >= 0.6 is 0 Å². The van der Waals surface area contributed by atoms with E-state index < -0.39 is 18.0 Å². The molecular formula is C11H14N4O6. The number of imide groups is 1. The van der Waals surface area contributed by atoms with Crippen molar-refractivity contribution >= 4 is 18.0 Å². The summed E-state index contributed by atoms with van der Waals surface area (Å²) in [5.41, 5.74) is 0.0362. The predicted octanol–water partition coefficient (Wildman–Crippen LogP) is -0.856. The first-order valence-electron chi connectivity index (χ1n) is 6.16. The second-order valence-corrected chi connectivity index (χ2v) is 4.25. The summed E-state index contributed by atoms with van der Waals surface area (Å²) in [7, 11) is 1.47. The Bertz CT molecular complexity index is 569. The molecule has 1 aromatic rings. The highest BCUT2D eigenvalue weighted by molar-refractivity contribution is 5.93. The Balaban J connectivity index is 2.17. The number of nitrogens with zero attached hydrogens (tertiary/aromatic N) is 4. The zero-order valence-electron chi connectivity index (χ0n) is 11.3. The van der Waals surface area contributed by atoms with E-state index in [-0.39, 0.29) is 44.1 Å². The lowest BCUT2D eigenvalue weighted by Gasteiger charge is -2.11. The molecule has 1 fully saturated rings. The number of ether oxygens (including phenoxy) is 2. The monoisotopic (exact) mass is 298 g/mol. The average Bonchev–Trinajstić information content (AvgIpc) is 3.02. The number of aromatic nitrogens is 3. The maximum atomic E-state index is 12.0. The van der Waals surface area contributed by atoms with Crippen LogP contribution in [-0.2, 0) is 27.2 Å². The molecule has 0 saturated carbocycles. The van der Waals surface area contributed by atoms with Gasteiger partial charge in [-0.05, 0) is 0 Å². The van der Waals surface area contributed by atoms with Crippen molar-refractivity contribution < 1.29 is 29.0 Å². The van der Waals surface area contributed by atoms with Crippen molar-refractivity contribution in [3.63, 3.8) is 0 Å². The van der Waals surface area contributed by atoms with Crippen molar-refractivity contribution in [1.82, 2.24) is 19.9 Å². The van der Waals surface area contributed by atoms with E-state index in [9.17, 15) is 14.4 Å². The molecule has 2 amide bonds. The van der Waals surface area contributed by atoms with Gasteiger partial charge >= 0.3 is 12.1 Å². The molecule has 10 nitrogen and oxygen atoms in total. The summed E-state index contributed by atoms with van der Waals surface area (Å²) in [5.74, 6) is -1.77. The first-order valence-corrected chi connectivity index (χ1v) is 6.16. The van der Waals surface area contributed by atoms with Gasteiger partial charge in [0.15, 0.2) is 5.69 Å². The van der Waals surface area contributed by atoms with E-state index in [1.54, 1.807) is 0 Å². The van der Waals surface area contributed by atoms with Crippen LogP contribution in [0.3, 0.4) is 0 Å². The standard InChI is InChI=1S/C11H14N4O6/c1-20-4-2-7-9(10(17)18)12-13-15(7)6-8(16)14-3-5-21-11(14)19/h2-6H2,1H3,(H,17,18). The van der Waals surface area contributed by atoms with Crippen LogP contribution in [0, 0.1) is 0 Å². The van der Waals surface area contributed by atoms with E-state index in [0.717, 1.165) is 9.58 Å². The third kappa shape index (κ3) is 3.16. The van der Waals surface area contributed by atoms with E-state index in [2.05, 4.69) is 15.0 Å². The van der Waals surface area contributed by atoms with Crippen LogP contribution < -0.4 is 0 Å². The molecular weight excluding hydrogens is 284 g/mol. The van der Waals surface area contributed by atoms with Crippen molar-refractivity contribution in [2.45, 2.75) is 13.0 Å². The van der Waals surface area contributed by atoms with Gasteiger partial charge in [0.25, 0.3) is 5.91 Å². The van der Waals surface area contributed by atoms with Crippen LogP contribution in [0.2, 0.25) is 0 Å². The molecule has 0 spiro atoms. The van der Waals surface area contributed by atoms with Gasteiger partial charge in [-0.15, -0.1) is 5.10 Å². The van der Waals surface area contributed by atoms with Crippen molar-refractivity contribution in [2.75, 3.05) is 26.9 Å². The largest absolute Gasteiger partial charge is 0.476 e. The van der Waals surface area contributed by atoms with Crippen molar-refractivity contribution in [3.8, 4) is 0 Å². The number of methoxy groups -OCH3 is 1. The van der Waals surface area contributed by atoms with E-state index in [0.29, 0.717) is 0 Å². The molecule has 0 unspecified atom stereocenters. The van der Waals surface area contributed by atoms with Gasteiger partial charge in [0.05, 0.1) is 18.8 Å². The number of carboxylic acid groups (broad SMARTS) is 1. The van der Waals surface area contributed by atoms with Crippen LogP contribution in [0.15, 0.2) is 0 Å². The fourth-order valence-corrected chi connectivity index (χ4v) is 1.91. The SMILES string of the molecule is COCCc1c(C(=O)O)nnn1CC(=O)N1CCOC1=O. The third-order valence-corrected chi connectivity index (χ3v) is 2.93. The average molecular weight is 298 g/mol. The van der Waals surface area contributed by atoms with Gasteiger partial charge in [-0.1, -0.05) is 5.21 Å². The van der Waals surface area contributed by atoms with Crippen LogP contribution in [0.25, 0.3) is 0 Å². The number of rotatable bonds is 6. The Kier molecular flexibility index (Phi) is 4.48. The number of amides is 2. The Morgan fingerprint density at radius 1 is 1.48 bits per heavy atom. The number of carbonyl (C=O) groups is 3. The zero-order chi connectivity index (χ0) is 15.4. The van der Waals surface area contributed by atoms with E-state index >= 15 is 0 Å². The lowest BCUT2D eigenvalue weighted by molar-refractivity contribution is -0.128. The number of aromatic carboxylic acids is 1. The van der Waals surface area contributed by atoms with E-state index in [4.69, 9.17) is 9.84 Å². The van der Waals surface area contributed by atoms with Gasteiger partial charge in [0.1, 0.15) is 13.2 Å². The van der Waals surface area contributed by atoms with Gasteiger partial charge in [0, 0.05) is 13.5 Å². The molecule has 1 N–H and O–H groups in total. The molecule has 21 heavy (non-hydrogen) atoms. The maximum absolute atomic E-state index is 12.0. The molecule has 10 heteroatoms. The highest BCUT2D eigenvalue weighted by Gasteiger charge is 2.30. The van der Waals surface area contributed by atoms with Crippen LogP contribution in [0.5, 0.6) is 0 Å². The van der Waals surface area contributed by atoms with Crippen LogP contribution in [-0.4, -0.2) is 69.8 Å². The summed E-state index contributed by atoms with van der Waals surface area (Å²) in [6.07, 6.45) is -0.472. The maximum Gasteiger partial charge on any atom is 0.416 e. The topological polar surface area (TPSA) is 124 Å². The van der Waals surface area contributed by atoms with Crippen molar-refractivity contribution in [3.05, 3.63) is 11.4 Å². The molecule has 2 heterocycles. The van der Waals surface area contributed by atoms with Gasteiger partial charge in [-0.25, -0.2) is 19.2 Å². The lowest BCUT2D eigenvalue weighted by Crippen LogP contribution is -2.35. The van der Waals surface area contributed by atoms with Gasteiger partial charge in [-0.3, -0.25) is 4.79 Å². The lowest BCUT2D eigenvalue weighted by atomic mass is 10.2. The zero-order valence-corrected chi connectivity index (χ0v) is 11.3. The molecule has 0 aromatic carbocycles. The Hall–Kier alpha value is -2.49. The highest BCUT2D eigenvalue weighted by atomic mass is 16.6. The molecule has 0 bridgehead atoms. The number of carboxylic acids is 1. The summed E-state index contributed by atoms with van der Waals surface area (Å²) < 4.78 is 10.7. The minimum Gasteiger partial charge on any atom is -0.476 e. The molecule has 2 rings (SSSR count). The molecule has 0 atom stereocenters. The minimum atomic E-state index is -1.24. The Morgan fingerprint density at radius 3 is 2.81 bits per heavy atom. The highest BCUT2D eigenvalue weighted by Crippen LogP contribution is 2.10. The Morgan fingerprint density at radius 2 is 2.24 bits per heavy atom. The fourth-order valence-electron chi connectivity index (χ4n) is 1.91. The number of hydrogen-bond donors (Lipinski definition) is 1. The first kappa shape index (κ1) is 14.9. The number of hydrogen-bond acceptors (Lipinski definition) is 7. The summed E-state index contributed by atoms with van der Waals surface area (Å²) in [4.78, 5) is 35.3. The second kappa shape index (κ2) is 6.31. The van der Waals surface area contributed by atoms with Gasteiger partial charge in [-0.2, -0.15) is 0 Å². The summed E-state index contributed by atoms with van der Waals surface area (Å²) in [6.45, 7) is 0.298. The quantitative estimate of drug-likeness (QED) is 0.719. The van der Waals surface area contributed by atoms with Crippen molar-refractivity contribution in [2.24, 2.45) is 0 Å².